The molecule has 1 aliphatic heterocycles. The summed E-state index contributed by atoms with van der Waals surface area (Å²) in [7, 11) is 0. The zero-order valence-electron chi connectivity index (χ0n) is 10.4. The van der Waals surface area contributed by atoms with Crippen LogP contribution in [0.2, 0.25) is 0 Å². The van der Waals surface area contributed by atoms with Crippen LogP contribution in [0, 0.1) is 0 Å². The van der Waals surface area contributed by atoms with Crippen LogP contribution in [0.25, 0.3) is 0 Å². The molecular weight excluding hydrogens is 212 g/mol. The molecule has 1 amide bonds. The van der Waals surface area contributed by atoms with Crippen LogP contribution in [-0.4, -0.2) is 25.5 Å². The number of nitrogens with zero attached hydrogens (tertiary/aromatic N) is 1. The molecule has 0 aliphatic carbocycles. The third-order valence-electron chi connectivity index (χ3n) is 3.16. The average Bonchev–Trinajstić information content (AvgIpc) is 2.77. The molecule has 0 radical (unpaired) electrons. The molecule has 0 saturated heterocycles. The van der Waals surface area contributed by atoms with Crippen molar-refractivity contribution < 1.29 is 4.79 Å². The fourth-order valence-electron chi connectivity index (χ4n) is 2.23. The Bertz CT molecular complexity index is 390. The zero-order chi connectivity index (χ0) is 12.1. The number of fused-ring (bicyclic) bond motifs is 1. The Kier molecular flexibility index (Phi) is 4.02. The molecule has 0 saturated carbocycles. The predicted octanol–water partition coefficient (Wildman–Crippen LogP) is 1.97. The Morgan fingerprint density at radius 3 is 3.06 bits per heavy atom. The number of nitrogens with one attached hydrogen (secondary N) is 1. The van der Waals surface area contributed by atoms with Gasteiger partial charge < -0.3 is 10.2 Å². The van der Waals surface area contributed by atoms with E-state index < -0.39 is 0 Å². The van der Waals surface area contributed by atoms with Gasteiger partial charge in [-0.1, -0.05) is 25.1 Å². The van der Waals surface area contributed by atoms with Crippen LogP contribution in [-0.2, 0) is 11.2 Å². The highest BCUT2D eigenvalue weighted by Crippen LogP contribution is 2.27. The second kappa shape index (κ2) is 5.71. The number of amides is 1. The first-order valence-electron chi connectivity index (χ1n) is 6.41. The minimum Gasteiger partial charge on any atom is -0.370 e. The van der Waals surface area contributed by atoms with Gasteiger partial charge in [-0.2, -0.15) is 0 Å². The normalized spacial score (nSPS) is 13.6. The van der Waals surface area contributed by atoms with Crippen LogP contribution in [0.4, 0.5) is 5.69 Å². The maximum Gasteiger partial charge on any atom is 0.221 e. The van der Waals surface area contributed by atoms with Crippen molar-refractivity contribution in [2.24, 2.45) is 0 Å². The predicted molar refractivity (Wildman–Crippen MR) is 70.3 cm³/mol. The minimum atomic E-state index is 0.163. The number of anilines is 1. The van der Waals surface area contributed by atoms with E-state index in [2.05, 4.69) is 41.4 Å². The molecule has 0 unspecified atom stereocenters. The quantitative estimate of drug-likeness (QED) is 0.841. The van der Waals surface area contributed by atoms with Gasteiger partial charge in [0.2, 0.25) is 5.91 Å². The smallest absolute Gasteiger partial charge is 0.221 e. The number of carbonyl (C=O) groups excluding carboxylic acids is 1. The molecule has 17 heavy (non-hydrogen) atoms. The molecule has 1 aliphatic rings. The lowest BCUT2D eigenvalue weighted by Crippen LogP contribution is -2.30. The van der Waals surface area contributed by atoms with Gasteiger partial charge in [0.15, 0.2) is 0 Å². The summed E-state index contributed by atoms with van der Waals surface area (Å²) in [5, 5.41) is 2.91. The summed E-state index contributed by atoms with van der Waals surface area (Å²) in [6.45, 7) is 4.72. The van der Waals surface area contributed by atoms with E-state index in [1.165, 1.54) is 11.3 Å². The molecular formula is C14H20N2O. The Balaban J connectivity index is 1.83. The molecule has 1 aromatic rings. The fourth-order valence-corrected chi connectivity index (χ4v) is 2.23. The lowest BCUT2D eigenvalue weighted by atomic mass is 10.2. The molecule has 0 spiro atoms. The van der Waals surface area contributed by atoms with Crippen molar-refractivity contribution in [3.05, 3.63) is 29.8 Å². The van der Waals surface area contributed by atoms with Crippen molar-refractivity contribution in [2.45, 2.75) is 26.2 Å². The number of para-hydroxylation sites is 1. The van der Waals surface area contributed by atoms with E-state index in [-0.39, 0.29) is 5.91 Å². The van der Waals surface area contributed by atoms with Gasteiger partial charge in [0.05, 0.1) is 0 Å². The summed E-state index contributed by atoms with van der Waals surface area (Å²) in [5.41, 5.74) is 2.71. The van der Waals surface area contributed by atoms with Crippen molar-refractivity contribution in [2.75, 3.05) is 24.5 Å². The van der Waals surface area contributed by atoms with Gasteiger partial charge in [0.25, 0.3) is 0 Å². The molecule has 0 fully saturated rings. The van der Waals surface area contributed by atoms with Gasteiger partial charge in [0, 0.05) is 31.7 Å². The number of rotatable bonds is 5. The second-order valence-electron chi connectivity index (χ2n) is 4.47. The molecule has 1 heterocycles. The van der Waals surface area contributed by atoms with E-state index in [1.54, 1.807) is 0 Å². The molecule has 3 nitrogen and oxygen atoms in total. The van der Waals surface area contributed by atoms with Crippen molar-refractivity contribution in [1.82, 2.24) is 5.32 Å². The molecule has 1 aromatic carbocycles. The first kappa shape index (κ1) is 12.0. The highest BCUT2D eigenvalue weighted by molar-refractivity contribution is 5.76. The summed E-state index contributed by atoms with van der Waals surface area (Å²) in [4.78, 5) is 13.8. The second-order valence-corrected chi connectivity index (χ2v) is 4.47. The summed E-state index contributed by atoms with van der Waals surface area (Å²) >= 11 is 0. The van der Waals surface area contributed by atoms with E-state index in [1.807, 2.05) is 0 Å². The standard InChI is InChI=1S/C14H20N2O/c1-2-9-15-14(17)8-11-16-10-7-12-5-3-4-6-13(12)16/h3-6H,2,7-11H2,1H3,(H,15,17). The summed E-state index contributed by atoms with van der Waals surface area (Å²) in [5.74, 6) is 0.163. The van der Waals surface area contributed by atoms with Gasteiger partial charge in [-0.05, 0) is 24.5 Å². The van der Waals surface area contributed by atoms with E-state index in [9.17, 15) is 4.79 Å². The molecule has 2 rings (SSSR count). The Morgan fingerprint density at radius 2 is 2.24 bits per heavy atom. The topological polar surface area (TPSA) is 32.3 Å². The Labute approximate surface area is 103 Å². The lowest BCUT2D eigenvalue weighted by Gasteiger charge is -2.18. The molecule has 3 heteroatoms. The first-order valence-corrected chi connectivity index (χ1v) is 6.41. The summed E-state index contributed by atoms with van der Waals surface area (Å²) in [6.07, 6.45) is 2.69. The molecule has 0 atom stereocenters. The summed E-state index contributed by atoms with van der Waals surface area (Å²) in [6, 6.07) is 8.46. The third-order valence-corrected chi connectivity index (χ3v) is 3.16. The van der Waals surface area contributed by atoms with Crippen molar-refractivity contribution in [3.63, 3.8) is 0 Å². The summed E-state index contributed by atoms with van der Waals surface area (Å²) < 4.78 is 0. The van der Waals surface area contributed by atoms with E-state index in [4.69, 9.17) is 0 Å². The largest absolute Gasteiger partial charge is 0.370 e. The van der Waals surface area contributed by atoms with Gasteiger partial charge in [-0.3, -0.25) is 4.79 Å². The van der Waals surface area contributed by atoms with Gasteiger partial charge in [-0.25, -0.2) is 0 Å². The molecule has 0 aromatic heterocycles. The van der Waals surface area contributed by atoms with Crippen LogP contribution in [0.5, 0.6) is 0 Å². The Morgan fingerprint density at radius 1 is 1.41 bits per heavy atom. The van der Waals surface area contributed by atoms with Crippen LogP contribution in [0.3, 0.4) is 0 Å². The van der Waals surface area contributed by atoms with Gasteiger partial charge in [-0.15, -0.1) is 0 Å². The maximum absolute atomic E-state index is 11.5. The van der Waals surface area contributed by atoms with Crippen LogP contribution in [0.1, 0.15) is 25.3 Å². The van der Waals surface area contributed by atoms with Crippen molar-refractivity contribution >= 4 is 11.6 Å². The SMILES string of the molecule is CCCNC(=O)CCN1CCc2ccccc21. The van der Waals surface area contributed by atoms with Crippen LogP contribution >= 0.6 is 0 Å². The van der Waals surface area contributed by atoms with E-state index in [0.29, 0.717) is 6.42 Å². The number of hydrogen-bond acceptors (Lipinski definition) is 2. The molecule has 0 bridgehead atoms. The number of benzene rings is 1. The van der Waals surface area contributed by atoms with Crippen molar-refractivity contribution in [1.29, 1.82) is 0 Å². The van der Waals surface area contributed by atoms with E-state index >= 15 is 0 Å². The average molecular weight is 232 g/mol. The van der Waals surface area contributed by atoms with E-state index in [0.717, 1.165) is 32.5 Å². The monoisotopic (exact) mass is 232 g/mol. The highest BCUT2D eigenvalue weighted by atomic mass is 16.1. The third kappa shape index (κ3) is 2.99. The highest BCUT2D eigenvalue weighted by Gasteiger charge is 2.18. The Hall–Kier alpha value is -1.51. The lowest BCUT2D eigenvalue weighted by molar-refractivity contribution is -0.120. The van der Waals surface area contributed by atoms with Crippen LogP contribution < -0.4 is 10.2 Å². The maximum atomic E-state index is 11.5. The zero-order valence-corrected chi connectivity index (χ0v) is 10.4. The van der Waals surface area contributed by atoms with Gasteiger partial charge >= 0.3 is 0 Å². The van der Waals surface area contributed by atoms with Crippen molar-refractivity contribution in [3.8, 4) is 0 Å². The number of carbonyl (C=O) groups is 1. The molecule has 1 N–H and O–H groups in total. The van der Waals surface area contributed by atoms with Crippen LogP contribution in [0.15, 0.2) is 24.3 Å². The number of hydrogen-bond donors (Lipinski definition) is 1. The van der Waals surface area contributed by atoms with Gasteiger partial charge in [0.1, 0.15) is 0 Å². The fraction of sp³-hybridized carbons (Fsp3) is 0.500. The first-order chi connectivity index (χ1) is 8.31. The minimum absolute atomic E-state index is 0.163. The molecule has 92 valence electrons.